The number of aliphatic carboxylic acids is 1. The number of methoxy groups -OCH3 is 1. The summed E-state index contributed by atoms with van der Waals surface area (Å²) in [5, 5.41) is 9.29. The number of H-pyrrole nitrogens is 1. The summed E-state index contributed by atoms with van der Waals surface area (Å²) in [7, 11) is 1.42. The van der Waals surface area contributed by atoms with E-state index in [0.717, 1.165) is 0 Å². The van der Waals surface area contributed by atoms with Crippen molar-refractivity contribution in [2.24, 2.45) is 0 Å². The Hall–Kier alpha value is -3.29. The van der Waals surface area contributed by atoms with E-state index in [1.54, 1.807) is 12.4 Å². The Morgan fingerprint density at radius 2 is 1.95 bits per heavy atom. The van der Waals surface area contributed by atoms with Crippen molar-refractivity contribution in [3.05, 3.63) is 36.7 Å². The van der Waals surface area contributed by atoms with Gasteiger partial charge in [-0.05, 0) is 0 Å². The molecule has 3 heterocycles. The number of carbonyl (C=O) groups excluding carboxylic acids is 1. The van der Waals surface area contributed by atoms with Gasteiger partial charge in [-0.15, -0.1) is 0 Å². The number of pyridine rings is 1. The second kappa shape index (κ2) is 5.24. The van der Waals surface area contributed by atoms with Gasteiger partial charge in [-0.2, -0.15) is 0 Å². The number of hydrogen-bond donors (Lipinski definition) is 2. The van der Waals surface area contributed by atoms with Crippen molar-refractivity contribution in [2.75, 3.05) is 7.11 Å². The van der Waals surface area contributed by atoms with Crippen molar-refractivity contribution in [2.45, 2.75) is 0 Å². The third kappa shape index (κ3) is 2.06. The quantitative estimate of drug-likeness (QED) is 0.550. The Morgan fingerprint density at radius 1 is 1.23 bits per heavy atom. The van der Waals surface area contributed by atoms with E-state index in [-0.39, 0.29) is 5.56 Å². The van der Waals surface area contributed by atoms with Crippen LogP contribution in [0.1, 0.15) is 10.4 Å². The second-order valence-electron chi connectivity index (χ2n) is 4.39. The first-order chi connectivity index (χ1) is 10.6. The van der Waals surface area contributed by atoms with E-state index < -0.39 is 11.8 Å². The van der Waals surface area contributed by atoms with Gasteiger partial charge in [-0.1, -0.05) is 0 Å². The number of carbonyl (C=O) groups is 2. The second-order valence-corrected chi connectivity index (χ2v) is 4.39. The van der Waals surface area contributed by atoms with E-state index >= 15 is 0 Å². The zero-order valence-corrected chi connectivity index (χ0v) is 11.4. The molecular formula is C14H10N4O4. The minimum Gasteiger partial charge on any atom is -0.494 e. The molecule has 0 aromatic carbocycles. The van der Waals surface area contributed by atoms with Gasteiger partial charge in [-0.3, -0.25) is 9.78 Å². The van der Waals surface area contributed by atoms with Crippen LogP contribution in [-0.4, -0.2) is 43.9 Å². The molecule has 0 unspecified atom stereocenters. The number of nitrogens with one attached hydrogen (secondary N) is 1. The molecule has 0 spiro atoms. The molecule has 0 bridgehead atoms. The van der Waals surface area contributed by atoms with Crippen molar-refractivity contribution in [1.82, 2.24) is 19.9 Å². The van der Waals surface area contributed by atoms with Crippen molar-refractivity contribution >= 4 is 22.7 Å². The molecule has 110 valence electrons. The number of rotatable bonds is 4. The number of hydrogen-bond acceptors (Lipinski definition) is 6. The Kier molecular flexibility index (Phi) is 3.26. The molecule has 8 nitrogen and oxygen atoms in total. The van der Waals surface area contributed by atoms with Crippen LogP contribution in [0.4, 0.5) is 0 Å². The van der Waals surface area contributed by atoms with Gasteiger partial charge in [0, 0.05) is 24.2 Å². The predicted molar refractivity (Wildman–Crippen MR) is 75.6 cm³/mol. The van der Waals surface area contributed by atoms with Crippen LogP contribution in [0.25, 0.3) is 22.2 Å². The maximum Gasteiger partial charge on any atom is 0.377 e. The summed E-state index contributed by atoms with van der Waals surface area (Å²) in [5.74, 6) is -2.25. The summed E-state index contributed by atoms with van der Waals surface area (Å²) in [6.45, 7) is 0. The van der Waals surface area contributed by atoms with Crippen molar-refractivity contribution in [1.29, 1.82) is 0 Å². The standard InChI is InChI=1S/C14H10N4O4/c1-22-9-5-18-11(7-2-15-6-16-3-7)12-10(9)8(4-17-12)13(19)14(20)21/h2-6,17H,1H3,(H,20,21). The van der Waals surface area contributed by atoms with E-state index in [1.807, 2.05) is 0 Å². The van der Waals surface area contributed by atoms with Crippen molar-refractivity contribution in [3.8, 4) is 17.0 Å². The minimum atomic E-state index is -1.54. The first kappa shape index (κ1) is 13.7. The molecule has 0 aliphatic heterocycles. The third-order valence-corrected chi connectivity index (χ3v) is 3.17. The molecule has 0 saturated carbocycles. The van der Waals surface area contributed by atoms with Crippen LogP contribution in [-0.2, 0) is 4.79 Å². The van der Waals surface area contributed by atoms with Crippen molar-refractivity contribution in [3.63, 3.8) is 0 Å². The van der Waals surface area contributed by atoms with Crippen LogP contribution in [0.5, 0.6) is 5.75 Å². The topological polar surface area (TPSA) is 118 Å². The summed E-state index contributed by atoms with van der Waals surface area (Å²) in [4.78, 5) is 37.8. The summed E-state index contributed by atoms with van der Waals surface area (Å²) in [6, 6.07) is 0. The highest BCUT2D eigenvalue weighted by molar-refractivity contribution is 6.42. The molecule has 8 heteroatoms. The number of Topliss-reactive ketones (excluding diaryl/α,β-unsaturated/α-hetero) is 1. The van der Waals surface area contributed by atoms with Gasteiger partial charge in [0.2, 0.25) is 0 Å². The van der Waals surface area contributed by atoms with Gasteiger partial charge < -0.3 is 14.8 Å². The number of aromatic amines is 1. The van der Waals surface area contributed by atoms with Gasteiger partial charge in [0.15, 0.2) is 0 Å². The van der Waals surface area contributed by atoms with E-state index in [2.05, 4.69) is 19.9 Å². The van der Waals surface area contributed by atoms with Crippen LogP contribution < -0.4 is 4.74 Å². The van der Waals surface area contributed by atoms with Gasteiger partial charge in [0.1, 0.15) is 12.1 Å². The number of nitrogens with zero attached hydrogens (tertiary/aromatic N) is 3. The molecule has 0 aliphatic carbocycles. The molecule has 0 radical (unpaired) electrons. The molecule has 0 atom stereocenters. The number of ether oxygens (including phenoxy) is 1. The summed E-state index contributed by atoms with van der Waals surface area (Å²) >= 11 is 0. The zero-order chi connectivity index (χ0) is 15.7. The summed E-state index contributed by atoms with van der Waals surface area (Å²) < 4.78 is 5.19. The highest BCUT2D eigenvalue weighted by Crippen LogP contribution is 2.34. The highest BCUT2D eigenvalue weighted by Gasteiger charge is 2.23. The van der Waals surface area contributed by atoms with Gasteiger partial charge in [0.05, 0.1) is 35.5 Å². The zero-order valence-electron chi connectivity index (χ0n) is 11.4. The number of carboxylic acid groups (broad SMARTS) is 1. The number of ketones is 1. The Balaban J connectivity index is 2.31. The van der Waals surface area contributed by atoms with Crippen LogP contribution in [0, 0.1) is 0 Å². The van der Waals surface area contributed by atoms with Gasteiger partial charge >= 0.3 is 5.97 Å². The SMILES string of the molecule is COc1cnc(-c2cncnc2)c2[nH]cc(C(=O)C(=O)O)c12. The Bertz CT molecular complexity index is 873. The molecule has 0 fully saturated rings. The van der Waals surface area contributed by atoms with Crippen LogP contribution in [0.15, 0.2) is 31.1 Å². The molecule has 0 aliphatic rings. The van der Waals surface area contributed by atoms with E-state index in [1.165, 1.54) is 25.8 Å². The summed E-state index contributed by atoms with van der Waals surface area (Å²) in [5.41, 5.74) is 1.63. The van der Waals surface area contributed by atoms with E-state index in [0.29, 0.717) is 27.9 Å². The Morgan fingerprint density at radius 3 is 2.59 bits per heavy atom. The maximum atomic E-state index is 11.8. The molecule has 0 amide bonds. The fourth-order valence-corrected chi connectivity index (χ4v) is 2.21. The first-order valence-corrected chi connectivity index (χ1v) is 6.20. The normalized spacial score (nSPS) is 10.6. The summed E-state index contributed by atoms with van der Waals surface area (Å²) in [6.07, 6.45) is 7.29. The van der Waals surface area contributed by atoms with E-state index in [4.69, 9.17) is 9.84 Å². The largest absolute Gasteiger partial charge is 0.494 e. The molecule has 2 N–H and O–H groups in total. The third-order valence-electron chi connectivity index (χ3n) is 3.17. The lowest BCUT2D eigenvalue weighted by atomic mass is 10.1. The van der Waals surface area contributed by atoms with Gasteiger partial charge in [0.25, 0.3) is 5.78 Å². The maximum absolute atomic E-state index is 11.8. The molecule has 3 aromatic rings. The lowest BCUT2D eigenvalue weighted by molar-refractivity contribution is -0.131. The van der Waals surface area contributed by atoms with Crippen LogP contribution in [0.3, 0.4) is 0 Å². The van der Waals surface area contributed by atoms with Gasteiger partial charge in [-0.25, -0.2) is 14.8 Å². The highest BCUT2D eigenvalue weighted by atomic mass is 16.5. The molecule has 0 saturated heterocycles. The van der Waals surface area contributed by atoms with Crippen LogP contribution >= 0.6 is 0 Å². The molecule has 3 rings (SSSR count). The lowest BCUT2D eigenvalue weighted by Crippen LogP contribution is -2.12. The lowest BCUT2D eigenvalue weighted by Gasteiger charge is -2.07. The molecular weight excluding hydrogens is 288 g/mol. The molecule has 3 aromatic heterocycles. The van der Waals surface area contributed by atoms with Crippen LogP contribution in [0.2, 0.25) is 0 Å². The van der Waals surface area contributed by atoms with Crippen molar-refractivity contribution < 1.29 is 19.4 Å². The monoisotopic (exact) mass is 298 g/mol. The number of aromatic nitrogens is 4. The average Bonchev–Trinajstić information content (AvgIpc) is 2.99. The number of fused-ring (bicyclic) bond motifs is 1. The fourth-order valence-electron chi connectivity index (χ4n) is 2.21. The first-order valence-electron chi connectivity index (χ1n) is 6.20. The molecule has 22 heavy (non-hydrogen) atoms. The number of carboxylic acids is 1. The smallest absolute Gasteiger partial charge is 0.377 e. The van der Waals surface area contributed by atoms with E-state index in [9.17, 15) is 9.59 Å². The predicted octanol–water partition coefficient (Wildman–Crippen LogP) is 1.30. The fraction of sp³-hybridized carbons (Fsp3) is 0.0714. The minimum absolute atomic E-state index is 0.0137. The Labute approximate surface area is 123 Å². The average molecular weight is 298 g/mol.